The van der Waals surface area contributed by atoms with Crippen LogP contribution in [0.1, 0.15) is 64.7 Å². The Hall–Kier alpha value is -2.97. The molecule has 30 heavy (non-hydrogen) atoms. The molecule has 0 radical (unpaired) electrons. The standard InChI is InChI=1S/C21H26N2O7/c1-4-29-21(28)18-12(3)22-11(2)17(18)15(24)10-30-16(25)9-23-19(26)13-7-5-6-8-14(13)20(23)27/h13-14,22H,4-10H2,1-3H3/t13-,14-/m0/s1. The summed E-state index contributed by atoms with van der Waals surface area (Å²) >= 11 is 0. The summed E-state index contributed by atoms with van der Waals surface area (Å²) in [7, 11) is 0. The third-order valence-corrected chi connectivity index (χ3v) is 5.72. The first kappa shape index (κ1) is 21.7. The summed E-state index contributed by atoms with van der Waals surface area (Å²) in [5.74, 6) is -3.42. The van der Waals surface area contributed by atoms with Crippen molar-refractivity contribution in [1.82, 2.24) is 9.88 Å². The van der Waals surface area contributed by atoms with E-state index in [9.17, 15) is 24.0 Å². The van der Waals surface area contributed by atoms with Crippen LogP contribution in [0, 0.1) is 25.7 Å². The number of aromatic amines is 1. The molecule has 0 bridgehead atoms. The summed E-state index contributed by atoms with van der Waals surface area (Å²) in [4.78, 5) is 65.8. The number of rotatable bonds is 7. The van der Waals surface area contributed by atoms with Gasteiger partial charge >= 0.3 is 11.9 Å². The molecule has 1 aliphatic carbocycles. The van der Waals surface area contributed by atoms with Crippen LogP contribution in [-0.2, 0) is 23.9 Å². The fourth-order valence-electron chi connectivity index (χ4n) is 4.37. The van der Waals surface area contributed by atoms with E-state index in [1.807, 2.05) is 0 Å². The predicted molar refractivity (Wildman–Crippen MR) is 104 cm³/mol. The average molecular weight is 418 g/mol. The van der Waals surface area contributed by atoms with Gasteiger partial charge in [-0.15, -0.1) is 0 Å². The molecule has 2 fully saturated rings. The number of ketones is 1. The number of hydrogen-bond acceptors (Lipinski definition) is 7. The molecular weight excluding hydrogens is 392 g/mol. The Labute approximate surface area is 174 Å². The number of Topliss-reactive ketones (excluding diaryl/α,β-unsaturated/α-hetero) is 1. The van der Waals surface area contributed by atoms with Gasteiger partial charge in [-0.05, 0) is 33.6 Å². The lowest BCUT2D eigenvalue weighted by atomic mass is 9.81. The molecule has 2 amide bonds. The van der Waals surface area contributed by atoms with E-state index in [1.165, 1.54) is 0 Å². The second-order valence-corrected chi connectivity index (χ2v) is 7.69. The molecule has 1 saturated carbocycles. The first-order valence-electron chi connectivity index (χ1n) is 10.2. The molecule has 1 aromatic heterocycles. The summed E-state index contributed by atoms with van der Waals surface area (Å²) in [5.41, 5.74) is 1.17. The smallest absolute Gasteiger partial charge is 0.340 e. The van der Waals surface area contributed by atoms with Gasteiger partial charge in [0.2, 0.25) is 17.6 Å². The van der Waals surface area contributed by atoms with Crippen molar-refractivity contribution in [2.75, 3.05) is 19.8 Å². The maximum absolute atomic E-state index is 12.6. The molecule has 1 N–H and O–H groups in total. The van der Waals surface area contributed by atoms with Crippen LogP contribution >= 0.6 is 0 Å². The maximum atomic E-state index is 12.6. The van der Waals surface area contributed by atoms with Crippen molar-refractivity contribution < 1.29 is 33.4 Å². The van der Waals surface area contributed by atoms with E-state index in [2.05, 4.69) is 4.98 Å². The van der Waals surface area contributed by atoms with Crippen LogP contribution in [0.3, 0.4) is 0 Å². The highest BCUT2D eigenvalue weighted by molar-refractivity contribution is 6.09. The fourth-order valence-corrected chi connectivity index (χ4v) is 4.37. The average Bonchev–Trinajstić information content (AvgIpc) is 3.14. The van der Waals surface area contributed by atoms with E-state index in [0.717, 1.165) is 17.7 Å². The van der Waals surface area contributed by atoms with Gasteiger partial charge in [-0.2, -0.15) is 0 Å². The van der Waals surface area contributed by atoms with Crippen molar-refractivity contribution in [2.45, 2.75) is 46.5 Å². The zero-order valence-electron chi connectivity index (χ0n) is 17.4. The Morgan fingerprint density at radius 2 is 1.53 bits per heavy atom. The Balaban J connectivity index is 1.63. The van der Waals surface area contributed by atoms with E-state index in [0.29, 0.717) is 24.2 Å². The highest BCUT2D eigenvalue weighted by atomic mass is 16.5. The minimum Gasteiger partial charge on any atom is -0.462 e. The number of hydrogen-bond donors (Lipinski definition) is 1. The number of nitrogens with zero attached hydrogens (tertiary/aromatic N) is 1. The number of carbonyl (C=O) groups is 5. The van der Waals surface area contributed by atoms with Crippen molar-refractivity contribution in [2.24, 2.45) is 11.8 Å². The van der Waals surface area contributed by atoms with Gasteiger partial charge in [-0.25, -0.2) is 4.79 Å². The Morgan fingerprint density at radius 3 is 2.10 bits per heavy atom. The van der Waals surface area contributed by atoms with Gasteiger partial charge in [0.15, 0.2) is 6.61 Å². The van der Waals surface area contributed by atoms with Crippen molar-refractivity contribution in [3.8, 4) is 0 Å². The number of ether oxygens (including phenoxy) is 2. The summed E-state index contributed by atoms with van der Waals surface area (Å²) in [6, 6.07) is 0. The molecule has 162 valence electrons. The SMILES string of the molecule is CCOC(=O)c1c(C)[nH]c(C)c1C(=O)COC(=O)CN1C(=O)[C@H]2CCCC[C@@H]2C1=O. The lowest BCUT2D eigenvalue weighted by Gasteiger charge is -2.19. The number of aromatic nitrogens is 1. The number of imide groups is 1. The summed E-state index contributed by atoms with van der Waals surface area (Å²) in [5, 5.41) is 0. The molecular formula is C21H26N2O7. The quantitative estimate of drug-likeness (QED) is 0.406. The van der Waals surface area contributed by atoms with E-state index in [1.54, 1.807) is 20.8 Å². The monoisotopic (exact) mass is 418 g/mol. The molecule has 1 aromatic rings. The van der Waals surface area contributed by atoms with Gasteiger partial charge in [0.25, 0.3) is 0 Å². The topological polar surface area (TPSA) is 123 Å². The zero-order chi connectivity index (χ0) is 22.0. The van der Waals surface area contributed by atoms with E-state index >= 15 is 0 Å². The van der Waals surface area contributed by atoms with Crippen molar-refractivity contribution in [3.05, 3.63) is 22.5 Å². The third-order valence-electron chi connectivity index (χ3n) is 5.72. The molecule has 0 spiro atoms. The van der Waals surface area contributed by atoms with Gasteiger partial charge in [-0.3, -0.25) is 24.1 Å². The number of carbonyl (C=O) groups excluding carboxylic acids is 5. The number of nitrogens with one attached hydrogen (secondary N) is 1. The molecule has 2 aliphatic rings. The molecule has 9 heteroatoms. The van der Waals surface area contributed by atoms with Gasteiger partial charge in [0, 0.05) is 11.4 Å². The van der Waals surface area contributed by atoms with Crippen LogP contribution in [0.25, 0.3) is 0 Å². The number of fused-ring (bicyclic) bond motifs is 1. The van der Waals surface area contributed by atoms with Gasteiger partial charge in [0.05, 0.1) is 29.6 Å². The summed E-state index contributed by atoms with van der Waals surface area (Å²) in [6.07, 6.45) is 3.10. The molecule has 3 rings (SSSR count). The first-order valence-corrected chi connectivity index (χ1v) is 10.2. The number of amides is 2. The first-order chi connectivity index (χ1) is 14.3. The van der Waals surface area contributed by atoms with Crippen molar-refractivity contribution in [3.63, 3.8) is 0 Å². The fraction of sp³-hybridized carbons (Fsp3) is 0.571. The van der Waals surface area contributed by atoms with Crippen LogP contribution in [0.4, 0.5) is 0 Å². The van der Waals surface area contributed by atoms with Crippen LogP contribution in [0.15, 0.2) is 0 Å². The third kappa shape index (κ3) is 4.01. The van der Waals surface area contributed by atoms with E-state index < -0.39 is 30.9 Å². The summed E-state index contributed by atoms with van der Waals surface area (Å²) in [6.45, 7) is 3.98. The van der Waals surface area contributed by atoms with Crippen LogP contribution in [-0.4, -0.2) is 59.2 Å². The number of likely N-dealkylation sites (tertiary alicyclic amines) is 1. The van der Waals surface area contributed by atoms with Gasteiger partial charge < -0.3 is 14.5 Å². The van der Waals surface area contributed by atoms with Crippen LogP contribution in [0.2, 0.25) is 0 Å². The predicted octanol–water partition coefficient (Wildman–Crippen LogP) is 1.71. The zero-order valence-corrected chi connectivity index (χ0v) is 17.4. The number of H-pyrrole nitrogens is 1. The van der Waals surface area contributed by atoms with Crippen molar-refractivity contribution in [1.29, 1.82) is 0 Å². The largest absolute Gasteiger partial charge is 0.462 e. The van der Waals surface area contributed by atoms with Crippen molar-refractivity contribution >= 4 is 29.5 Å². The second kappa shape index (κ2) is 8.81. The molecule has 2 heterocycles. The minimum absolute atomic E-state index is 0.109. The Bertz CT molecular complexity index is 877. The summed E-state index contributed by atoms with van der Waals surface area (Å²) < 4.78 is 10.0. The van der Waals surface area contributed by atoms with Crippen LogP contribution < -0.4 is 0 Å². The second-order valence-electron chi connectivity index (χ2n) is 7.69. The van der Waals surface area contributed by atoms with E-state index in [4.69, 9.17) is 9.47 Å². The van der Waals surface area contributed by atoms with Crippen LogP contribution in [0.5, 0.6) is 0 Å². The van der Waals surface area contributed by atoms with E-state index in [-0.39, 0.29) is 41.4 Å². The normalized spacial score (nSPS) is 20.8. The number of esters is 2. The van der Waals surface area contributed by atoms with Gasteiger partial charge in [-0.1, -0.05) is 12.8 Å². The molecule has 1 saturated heterocycles. The minimum atomic E-state index is -0.841. The molecule has 1 aliphatic heterocycles. The molecule has 0 unspecified atom stereocenters. The number of aryl methyl sites for hydroxylation is 2. The molecule has 9 nitrogen and oxygen atoms in total. The Morgan fingerprint density at radius 1 is 0.967 bits per heavy atom. The van der Waals surface area contributed by atoms with Gasteiger partial charge in [0.1, 0.15) is 6.54 Å². The lowest BCUT2D eigenvalue weighted by molar-refractivity contribution is -0.152. The molecule has 0 aromatic carbocycles. The highest BCUT2D eigenvalue weighted by Crippen LogP contribution is 2.37. The lowest BCUT2D eigenvalue weighted by Crippen LogP contribution is -2.37. The Kier molecular flexibility index (Phi) is 6.38. The highest BCUT2D eigenvalue weighted by Gasteiger charge is 2.48. The molecule has 2 atom stereocenters. The maximum Gasteiger partial charge on any atom is 0.340 e.